The Kier molecular flexibility index (Phi) is 3.15. The normalized spacial score (nSPS) is 10.2. The van der Waals surface area contributed by atoms with Crippen LogP contribution in [0.1, 0.15) is 9.80 Å². The molecule has 0 aromatic carbocycles. The number of hydrogen-bond donors (Lipinski definition) is 2. The molecular weight excluding hydrogens is 190 g/mol. The van der Waals surface area contributed by atoms with Gasteiger partial charge in [-0.1, -0.05) is 11.3 Å². The summed E-state index contributed by atoms with van der Waals surface area (Å²) in [5, 5.41) is 12.8. The van der Waals surface area contributed by atoms with Crippen LogP contribution in [0, 0.1) is 0 Å². The summed E-state index contributed by atoms with van der Waals surface area (Å²) in [6.07, 6.45) is 0. The molecule has 0 aliphatic rings. The molecule has 6 nitrogen and oxygen atoms in total. The van der Waals surface area contributed by atoms with Crippen LogP contribution in [0.25, 0.3) is 0 Å². The third kappa shape index (κ3) is 2.63. The number of nitrogens with zero attached hydrogens (tertiary/aromatic N) is 3. The maximum absolute atomic E-state index is 11.3. The largest absolute Gasteiger partial charge is 0.363 e. The Balaban J connectivity index is 2.66. The lowest BCUT2D eigenvalue weighted by Crippen LogP contribution is -2.36. The maximum atomic E-state index is 11.3. The Morgan fingerprint density at radius 1 is 1.46 bits per heavy atom. The van der Waals surface area contributed by atoms with Gasteiger partial charge in [-0.25, -0.2) is 5.01 Å². The second-order valence-electron chi connectivity index (χ2n) is 2.50. The Bertz CT molecular complexity index is 297. The van der Waals surface area contributed by atoms with Crippen molar-refractivity contribution in [2.75, 3.05) is 26.5 Å². The third-order valence-corrected chi connectivity index (χ3v) is 2.10. The van der Waals surface area contributed by atoms with Gasteiger partial charge in [-0.2, -0.15) is 0 Å². The predicted octanol–water partition coefficient (Wildman–Crippen LogP) is -0.214. The van der Waals surface area contributed by atoms with Gasteiger partial charge in [0.15, 0.2) is 0 Å². The number of rotatable bonds is 3. The molecule has 0 radical (unpaired) electrons. The van der Waals surface area contributed by atoms with Crippen molar-refractivity contribution in [3.05, 3.63) is 5.01 Å². The van der Waals surface area contributed by atoms with Crippen LogP contribution in [0.15, 0.2) is 0 Å². The minimum Gasteiger partial charge on any atom is -0.363 e. The number of hydrazine groups is 1. The molecule has 0 fully saturated rings. The van der Waals surface area contributed by atoms with Crippen LogP contribution >= 0.6 is 11.3 Å². The van der Waals surface area contributed by atoms with Crippen molar-refractivity contribution >= 4 is 22.4 Å². The maximum Gasteiger partial charge on any atom is 0.296 e. The molecule has 0 spiro atoms. The molecular formula is C6H11N5OS. The average molecular weight is 201 g/mol. The quantitative estimate of drug-likeness (QED) is 0.662. The molecule has 0 unspecified atom stereocenters. The predicted molar refractivity (Wildman–Crippen MR) is 50.6 cm³/mol. The Morgan fingerprint density at radius 2 is 2.15 bits per heavy atom. The van der Waals surface area contributed by atoms with Crippen molar-refractivity contribution in [2.45, 2.75) is 0 Å². The first-order valence-electron chi connectivity index (χ1n) is 3.63. The number of aromatic nitrogens is 2. The molecule has 72 valence electrons. The van der Waals surface area contributed by atoms with Crippen molar-refractivity contribution in [1.82, 2.24) is 20.6 Å². The van der Waals surface area contributed by atoms with E-state index in [0.717, 1.165) is 0 Å². The van der Waals surface area contributed by atoms with E-state index in [1.54, 1.807) is 26.2 Å². The molecule has 1 aromatic rings. The van der Waals surface area contributed by atoms with E-state index in [1.807, 2.05) is 0 Å². The van der Waals surface area contributed by atoms with Gasteiger partial charge in [0.05, 0.1) is 0 Å². The highest BCUT2D eigenvalue weighted by atomic mass is 32.1. The van der Waals surface area contributed by atoms with E-state index >= 15 is 0 Å². The van der Waals surface area contributed by atoms with E-state index in [9.17, 15) is 4.79 Å². The molecule has 2 N–H and O–H groups in total. The smallest absolute Gasteiger partial charge is 0.296 e. The van der Waals surface area contributed by atoms with Crippen LogP contribution in [-0.4, -0.2) is 42.3 Å². The van der Waals surface area contributed by atoms with Gasteiger partial charge in [-0.05, 0) is 0 Å². The lowest BCUT2D eigenvalue weighted by atomic mass is 10.7. The summed E-state index contributed by atoms with van der Waals surface area (Å²) in [5.41, 5.74) is 2.57. The van der Waals surface area contributed by atoms with Gasteiger partial charge in [0, 0.05) is 21.1 Å². The second kappa shape index (κ2) is 4.15. The molecule has 0 bridgehead atoms. The summed E-state index contributed by atoms with van der Waals surface area (Å²) in [6, 6.07) is 0. The van der Waals surface area contributed by atoms with E-state index in [1.165, 1.54) is 11.3 Å². The van der Waals surface area contributed by atoms with E-state index in [2.05, 4.69) is 20.9 Å². The summed E-state index contributed by atoms with van der Waals surface area (Å²) in [5.74, 6) is -0.246. The van der Waals surface area contributed by atoms with Crippen molar-refractivity contribution < 1.29 is 4.79 Å². The summed E-state index contributed by atoms with van der Waals surface area (Å²) < 4.78 is 0. The minimum atomic E-state index is -0.246. The standard InChI is InChI=1S/C6H11N5OS/c1-7-6-9-8-5(13-6)4(12)10-11(2)3/h1-3H3,(H,7,9)(H,10,12). The number of nitrogens with one attached hydrogen (secondary N) is 2. The van der Waals surface area contributed by atoms with E-state index < -0.39 is 0 Å². The van der Waals surface area contributed by atoms with Crippen molar-refractivity contribution in [3.63, 3.8) is 0 Å². The van der Waals surface area contributed by atoms with Crippen LogP contribution in [0.4, 0.5) is 5.13 Å². The minimum absolute atomic E-state index is 0.246. The number of anilines is 1. The van der Waals surface area contributed by atoms with E-state index in [0.29, 0.717) is 10.1 Å². The summed E-state index contributed by atoms with van der Waals surface area (Å²) in [6.45, 7) is 0. The highest BCUT2D eigenvalue weighted by Crippen LogP contribution is 2.13. The third-order valence-electron chi connectivity index (χ3n) is 1.16. The lowest BCUT2D eigenvalue weighted by Gasteiger charge is -2.08. The van der Waals surface area contributed by atoms with Crippen LogP contribution in [0.2, 0.25) is 0 Å². The van der Waals surface area contributed by atoms with Crippen molar-refractivity contribution in [1.29, 1.82) is 0 Å². The number of carbonyl (C=O) groups is 1. The fourth-order valence-electron chi connectivity index (χ4n) is 0.667. The fourth-order valence-corrected chi connectivity index (χ4v) is 1.25. The lowest BCUT2D eigenvalue weighted by molar-refractivity contribution is 0.0856. The first kappa shape index (κ1) is 9.87. The van der Waals surface area contributed by atoms with Gasteiger partial charge in [-0.3, -0.25) is 10.2 Å². The Labute approximate surface area is 79.9 Å². The number of amides is 1. The molecule has 1 amide bonds. The molecule has 7 heteroatoms. The summed E-state index contributed by atoms with van der Waals surface area (Å²) in [7, 11) is 5.20. The number of hydrogen-bond acceptors (Lipinski definition) is 6. The monoisotopic (exact) mass is 201 g/mol. The van der Waals surface area contributed by atoms with Gasteiger partial charge in [0.1, 0.15) is 0 Å². The summed E-state index contributed by atoms with van der Waals surface area (Å²) >= 11 is 1.21. The molecule has 1 heterocycles. The van der Waals surface area contributed by atoms with Crippen LogP contribution < -0.4 is 10.7 Å². The summed E-state index contributed by atoms with van der Waals surface area (Å²) in [4.78, 5) is 11.3. The molecule has 0 aliphatic heterocycles. The zero-order chi connectivity index (χ0) is 9.84. The van der Waals surface area contributed by atoms with Gasteiger partial charge in [0.2, 0.25) is 10.1 Å². The highest BCUT2D eigenvalue weighted by molar-refractivity contribution is 7.17. The van der Waals surface area contributed by atoms with Crippen molar-refractivity contribution in [2.24, 2.45) is 0 Å². The topological polar surface area (TPSA) is 70.1 Å². The molecule has 0 saturated carbocycles. The highest BCUT2D eigenvalue weighted by Gasteiger charge is 2.11. The van der Waals surface area contributed by atoms with Crippen LogP contribution in [-0.2, 0) is 0 Å². The second-order valence-corrected chi connectivity index (χ2v) is 3.48. The van der Waals surface area contributed by atoms with Gasteiger partial charge in [0.25, 0.3) is 5.91 Å². The van der Waals surface area contributed by atoms with E-state index in [-0.39, 0.29) is 5.91 Å². The zero-order valence-corrected chi connectivity index (χ0v) is 8.47. The van der Waals surface area contributed by atoms with Gasteiger partial charge < -0.3 is 5.32 Å². The molecule has 0 saturated heterocycles. The molecule has 1 rings (SSSR count). The average Bonchev–Trinajstić information content (AvgIpc) is 2.50. The van der Waals surface area contributed by atoms with Gasteiger partial charge in [-0.15, -0.1) is 10.2 Å². The molecule has 0 atom stereocenters. The van der Waals surface area contributed by atoms with Crippen molar-refractivity contribution in [3.8, 4) is 0 Å². The van der Waals surface area contributed by atoms with Gasteiger partial charge >= 0.3 is 0 Å². The fraction of sp³-hybridized carbons (Fsp3) is 0.500. The molecule has 13 heavy (non-hydrogen) atoms. The molecule has 1 aromatic heterocycles. The molecule has 0 aliphatic carbocycles. The number of carbonyl (C=O) groups excluding carboxylic acids is 1. The SMILES string of the molecule is CNc1nnc(C(=O)NN(C)C)s1. The first-order chi connectivity index (χ1) is 6.13. The van der Waals surface area contributed by atoms with Crippen LogP contribution in [0.3, 0.4) is 0 Å². The Morgan fingerprint density at radius 3 is 2.62 bits per heavy atom. The van der Waals surface area contributed by atoms with Crippen LogP contribution in [0.5, 0.6) is 0 Å². The zero-order valence-electron chi connectivity index (χ0n) is 7.66. The van der Waals surface area contributed by atoms with E-state index in [4.69, 9.17) is 0 Å². The Hall–Kier alpha value is -1.21. The first-order valence-corrected chi connectivity index (χ1v) is 4.44.